The maximum Gasteiger partial charge on any atom is 0.266 e. The Hall–Kier alpha value is -1.60. The molecule has 21 heavy (non-hydrogen) atoms. The van der Waals surface area contributed by atoms with Crippen LogP contribution in [0.15, 0.2) is 51.8 Å². The van der Waals surface area contributed by atoms with Crippen LogP contribution in [0, 0.1) is 5.82 Å². The molecule has 2 N–H and O–H groups in total. The van der Waals surface area contributed by atoms with Gasteiger partial charge < -0.3 is 5.73 Å². The number of nitrogen functional groups attached to an aromatic ring is 1. The van der Waals surface area contributed by atoms with E-state index in [0.717, 1.165) is 0 Å². The summed E-state index contributed by atoms with van der Waals surface area (Å²) in [6, 6.07) is 9.93. The normalized spacial score (nSPS) is 11.4. The molecule has 2 aromatic rings. The lowest BCUT2D eigenvalue weighted by molar-refractivity contribution is 0.592. The van der Waals surface area contributed by atoms with E-state index >= 15 is 0 Å². The van der Waals surface area contributed by atoms with Gasteiger partial charge in [-0.1, -0.05) is 15.9 Å². The van der Waals surface area contributed by atoms with Gasteiger partial charge in [0.05, 0.1) is 11.4 Å². The highest BCUT2D eigenvalue weighted by Gasteiger charge is 2.26. The lowest BCUT2D eigenvalue weighted by Crippen LogP contribution is -2.31. The molecule has 0 heterocycles. The largest absolute Gasteiger partial charge is 0.398 e. The van der Waals surface area contributed by atoms with Crippen molar-refractivity contribution in [3.8, 4) is 0 Å². The van der Waals surface area contributed by atoms with Gasteiger partial charge in [-0.05, 0) is 49.4 Å². The fourth-order valence-corrected chi connectivity index (χ4v) is 4.08. The van der Waals surface area contributed by atoms with Crippen molar-refractivity contribution in [2.24, 2.45) is 0 Å². The molecule has 2 aromatic carbocycles. The van der Waals surface area contributed by atoms with Crippen LogP contribution in [0.5, 0.6) is 0 Å². The third kappa shape index (κ3) is 3.19. The SMILES string of the molecule is CCN(c1ccc(F)cc1)S(=O)(=O)c1cc(Br)ccc1N. The van der Waals surface area contributed by atoms with E-state index in [0.29, 0.717) is 10.2 Å². The van der Waals surface area contributed by atoms with E-state index in [1.54, 1.807) is 13.0 Å². The number of anilines is 2. The van der Waals surface area contributed by atoms with Gasteiger partial charge in [-0.2, -0.15) is 0 Å². The summed E-state index contributed by atoms with van der Waals surface area (Å²) in [4.78, 5) is 0.0167. The van der Waals surface area contributed by atoms with Gasteiger partial charge in [-0.25, -0.2) is 12.8 Å². The maximum atomic E-state index is 13.0. The number of nitrogens with zero attached hydrogens (tertiary/aromatic N) is 1. The van der Waals surface area contributed by atoms with E-state index in [-0.39, 0.29) is 17.1 Å². The number of hydrogen-bond acceptors (Lipinski definition) is 3. The zero-order valence-corrected chi connectivity index (χ0v) is 13.7. The molecule has 0 saturated heterocycles. The number of benzene rings is 2. The number of halogens is 2. The molecule has 0 aromatic heterocycles. The van der Waals surface area contributed by atoms with E-state index in [9.17, 15) is 12.8 Å². The van der Waals surface area contributed by atoms with Crippen molar-refractivity contribution in [1.29, 1.82) is 0 Å². The second-order valence-electron chi connectivity index (χ2n) is 4.33. The summed E-state index contributed by atoms with van der Waals surface area (Å²) >= 11 is 3.24. The highest BCUT2D eigenvalue weighted by molar-refractivity contribution is 9.10. The minimum absolute atomic E-state index is 0.0167. The van der Waals surface area contributed by atoms with E-state index in [2.05, 4.69) is 15.9 Å². The standard InChI is InChI=1S/C14H14BrFN2O2S/c1-2-18(12-6-4-11(16)5-7-12)21(19,20)14-9-10(15)3-8-13(14)17/h3-9H,2,17H2,1H3. The van der Waals surface area contributed by atoms with Crippen LogP contribution in [0.2, 0.25) is 0 Å². The Labute approximate surface area is 131 Å². The summed E-state index contributed by atoms with van der Waals surface area (Å²) in [6.45, 7) is 1.91. The maximum absolute atomic E-state index is 13.0. The number of rotatable bonds is 4. The van der Waals surface area contributed by atoms with Crippen LogP contribution in [0.1, 0.15) is 6.92 Å². The number of hydrogen-bond donors (Lipinski definition) is 1. The molecule has 0 aliphatic rings. The number of nitrogens with two attached hydrogens (primary N) is 1. The van der Waals surface area contributed by atoms with Crippen molar-refractivity contribution in [3.05, 3.63) is 52.8 Å². The lowest BCUT2D eigenvalue weighted by atomic mass is 10.3. The Bertz CT molecular complexity index is 748. The molecule has 0 aliphatic heterocycles. The third-order valence-corrected chi connectivity index (χ3v) is 5.40. The predicted molar refractivity (Wildman–Crippen MR) is 85.2 cm³/mol. The van der Waals surface area contributed by atoms with E-state index in [4.69, 9.17) is 5.73 Å². The Kier molecular flexibility index (Phi) is 4.53. The van der Waals surface area contributed by atoms with Gasteiger partial charge in [-0.3, -0.25) is 4.31 Å². The first kappa shape index (κ1) is 15.8. The first-order chi connectivity index (χ1) is 9.86. The summed E-state index contributed by atoms with van der Waals surface area (Å²) in [5.41, 5.74) is 6.34. The molecule has 0 radical (unpaired) electrons. The van der Waals surface area contributed by atoms with Crippen LogP contribution in [-0.2, 0) is 10.0 Å². The fraction of sp³-hybridized carbons (Fsp3) is 0.143. The molecule has 112 valence electrons. The molecule has 0 atom stereocenters. The molecule has 0 bridgehead atoms. The van der Waals surface area contributed by atoms with Crippen LogP contribution in [0.3, 0.4) is 0 Å². The molecule has 0 saturated carbocycles. The molecule has 0 amide bonds. The second-order valence-corrected chi connectivity index (χ2v) is 7.07. The summed E-state index contributed by atoms with van der Waals surface area (Å²) in [7, 11) is -3.81. The van der Waals surface area contributed by atoms with Crippen molar-refractivity contribution < 1.29 is 12.8 Å². The zero-order valence-electron chi connectivity index (χ0n) is 11.3. The van der Waals surface area contributed by atoms with Gasteiger partial charge >= 0.3 is 0 Å². The summed E-state index contributed by atoms with van der Waals surface area (Å²) < 4.78 is 40.3. The minimum atomic E-state index is -3.81. The highest BCUT2D eigenvalue weighted by atomic mass is 79.9. The van der Waals surface area contributed by atoms with E-state index in [1.807, 2.05) is 0 Å². The molecule has 0 unspecified atom stereocenters. The van der Waals surface area contributed by atoms with Crippen molar-refractivity contribution >= 4 is 37.3 Å². The van der Waals surface area contributed by atoms with Gasteiger partial charge in [0, 0.05) is 11.0 Å². The third-order valence-electron chi connectivity index (χ3n) is 2.95. The topological polar surface area (TPSA) is 63.4 Å². The van der Waals surface area contributed by atoms with E-state index in [1.165, 1.54) is 40.7 Å². The van der Waals surface area contributed by atoms with Crippen LogP contribution >= 0.6 is 15.9 Å². The van der Waals surface area contributed by atoms with Crippen LogP contribution in [0.4, 0.5) is 15.8 Å². The Morgan fingerprint density at radius 3 is 2.38 bits per heavy atom. The second kappa shape index (κ2) is 6.03. The molecule has 2 rings (SSSR count). The average Bonchev–Trinajstić information content (AvgIpc) is 2.44. The van der Waals surface area contributed by atoms with Crippen LogP contribution < -0.4 is 10.0 Å². The molecule has 7 heteroatoms. The molecular weight excluding hydrogens is 359 g/mol. The zero-order chi connectivity index (χ0) is 15.6. The minimum Gasteiger partial charge on any atom is -0.398 e. The Balaban J connectivity index is 2.54. The molecular formula is C14H14BrFN2O2S. The van der Waals surface area contributed by atoms with Crippen LogP contribution in [-0.4, -0.2) is 15.0 Å². The van der Waals surface area contributed by atoms with Gasteiger partial charge in [0.1, 0.15) is 10.7 Å². The summed E-state index contributed by atoms with van der Waals surface area (Å²) in [6.07, 6.45) is 0. The average molecular weight is 373 g/mol. The summed E-state index contributed by atoms with van der Waals surface area (Å²) in [5.74, 6) is -0.422. The lowest BCUT2D eigenvalue weighted by Gasteiger charge is -2.23. The molecule has 0 aliphatic carbocycles. The van der Waals surface area contributed by atoms with Gasteiger partial charge in [0.15, 0.2) is 0 Å². The first-order valence-electron chi connectivity index (χ1n) is 6.19. The van der Waals surface area contributed by atoms with Gasteiger partial charge in [0.25, 0.3) is 10.0 Å². The molecule has 0 fully saturated rings. The first-order valence-corrected chi connectivity index (χ1v) is 8.43. The number of sulfonamides is 1. The summed E-state index contributed by atoms with van der Waals surface area (Å²) in [5, 5.41) is 0. The monoisotopic (exact) mass is 372 g/mol. The Morgan fingerprint density at radius 1 is 1.19 bits per heavy atom. The van der Waals surface area contributed by atoms with Gasteiger partial charge in [0.2, 0.25) is 0 Å². The van der Waals surface area contributed by atoms with Crippen molar-refractivity contribution in [1.82, 2.24) is 0 Å². The van der Waals surface area contributed by atoms with Gasteiger partial charge in [-0.15, -0.1) is 0 Å². The van der Waals surface area contributed by atoms with Crippen LogP contribution in [0.25, 0.3) is 0 Å². The quantitative estimate of drug-likeness (QED) is 0.836. The van der Waals surface area contributed by atoms with Crippen molar-refractivity contribution in [2.75, 3.05) is 16.6 Å². The molecule has 4 nitrogen and oxygen atoms in total. The predicted octanol–water partition coefficient (Wildman–Crippen LogP) is 3.39. The van der Waals surface area contributed by atoms with Crippen molar-refractivity contribution in [2.45, 2.75) is 11.8 Å². The smallest absolute Gasteiger partial charge is 0.266 e. The highest BCUT2D eigenvalue weighted by Crippen LogP contribution is 2.29. The fourth-order valence-electron chi connectivity index (χ4n) is 1.95. The van der Waals surface area contributed by atoms with Crippen molar-refractivity contribution in [3.63, 3.8) is 0 Å². The van der Waals surface area contributed by atoms with E-state index < -0.39 is 15.8 Å². The molecule has 0 spiro atoms. The Morgan fingerprint density at radius 2 is 1.81 bits per heavy atom.